The average Bonchev–Trinajstić information content (AvgIpc) is 2.61. The quantitative estimate of drug-likeness (QED) is 0.728. The summed E-state index contributed by atoms with van der Waals surface area (Å²) in [7, 11) is 1.74. The van der Waals surface area contributed by atoms with Crippen LogP contribution < -0.4 is 19.1 Å². The first-order valence-corrected chi connectivity index (χ1v) is 9.66. The molecule has 0 atom stereocenters. The predicted molar refractivity (Wildman–Crippen MR) is 91.5 cm³/mol. The zero-order chi connectivity index (χ0) is 17.7. The number of piperazine rings is 1. The largest absolute Gasteiger partial charge is 0.496 e. The maximum absolute atomic E-state index is 11.9. The molecule has 0 saturated carbocycles. The van der Waals surface area contributed by atoms with E-state index < -0.39 is 10.0 Å². The summed E-state index contributed by atoms with van der Waals surface area (Å²) in [4.78, 5) is 1.32. The predicted octanol–water partition coefficient (Wildman–Crippen LogP) is -0.237. The van der Waals surface area contributed by atoms with Crippen LogP contribution in [0.5, 0.6) is 17.2 Å². The van der Waals surface area contributed by atoms with E-state index in [1.54, 1.807) is 32.6 Å². The molecule has 1 saturated heterocycles. The van der Waals surface area contributed by atoms with Crippen LogP contribution in [0, 0.1) is 0 Å². The lowest BCUT2D eigenvalue weighted by Gasteiger charge is -2.31. The van der Waals surface area contributed by atoms with Gasteiger partial charge in [0, 0.05) is 6.07 Å². The first-order valence-electron chi connectivity index (χ1n) is 8.05. The number of hydrogen-bond acceptors (Lipinski definition) is 5. The fraction of sp³-hybridized carbons (Fsp3) is 0.625. The van der Waals surface area contributed by atoms with Crippen LogP contribution in [-0.4, -0.2) is 66.0 Å². The Morgan fingerprint density at radius 2 is 1.54 bits per heavy atom. The highest BCUT2D eigenvalue weighted by molar-refractivity contribution is 7.89. The van der Waals surface area contributed by atoms with Crippen molar-refractivity contribution in [3.8, 4) is 17.2 Å². The monoisotopic (exact) mass is 359 g/mol. The van der Waals surface area contributed by atoms with Crippen LogP contribution in [-0.2, 0) is 16.6 Å². The molecule has 0 aromatic heterocycles. The van der Waals surface area contributed by atoms with Gasteiger partial charge in [0.2, 0.25) is 10.0 Å². The van der Waals surface area contributed by atoms with Crippen molar-refractivity contribution in [3.05, 3.63) is 17.7 Å². The third kappa shape index (κ3) is 4.12. The number of quaternary nitrogens is 1. The molecule has 1 aromatic carbocycles. The summed E-state index contributed by atoms with van der Waals surface area (Å²) in [6.07, 6.45) is 0. The highest BCUT2D eigenvalue weighted by Gasteiger charge is 2.28. The second-order valence-electron chi connectivity index (χ2n) is 5.75. The summed E-state index contributed by atoms with van der Waals surface area (Å²) in [5, 5.41) is 0. The zero-order valence-corrected chi connectivity index (χ0v) is 15.6. The van der Waals surface area contributed by atoms with Crippen molar-refractivity contribution >= 4 is 10.0 Å². The second kappa shape index (κ2) is 8.04. The molecule has 7 nitrogen and oxygen atoms in total. The molecule has 0 aliphatic carbocycles. The van der Waals surface area contributed by atoms with E-state index in [-0.39, 0.29) is 5.75 Å². The normalized spacial score (nSPS) is 16.8. The first kappa shape index (κ1) is 18.8. The summed E-state index contributed by atoms with van der Waals surface area (Å²) >= 11 is 0. The van der Waals surface area contributed by atoms with Gasteiger partial charge in [-0.05, 0) is 13.0 Å². The van der Waals surface area contributed by atoms with Gasteiger partial charge in [0.1, 0.15) is 12.3 Å². The molecule has 0 unspecified atom stereocenters. The summed E-state index contributed by atoms with van der Waals surface area (Å²) in [6.45, 7) is 5.10. The zero-order valence-electron chi connectivity index (χ0n) is 14.8. The van der Waals surface area contributed by atoms with Crippen LogP contribution in [0.2, 0.25) is 0 Å². The van der Waals surface area contributed by atoms with E-state index in [9.17, 15) is 8.42 Å². The van der Waals surface area contributed by atoms with Crippen LogP contribution in [0.1, 0.15) is 12.5 Å². The molecule has 1 aliphatic rings. The summed E-state index contributed by atoms with van der Waals surface area (Å²) in [6, 6.07) is 3.76. The Bertz CT molecular complexity index is 655. The molecule has 136 valence electrons. The summed E-state index contributed by atoms with van der Waals surface area (Å²) in [5.74, 6) is 2.21. The molecule has 0 bridgehead atoms. The number of sulfonamides is 1. The van der Waals surface area contributed by atoms with E-state index in [0.29, 0.717) is 24.6 Å². The molecular formula is C16H27N2O5S+. The van der Waals surface area contributed by atoms with Crippen molar-refractivity contribution in [1.29, 1.82) is 0 Å². The Morgan fingerprint density at radius 3 is 2.04 bits per heavy atom. The Balaban J connectivity index is 2.09. The molecular weight excluding hydrogens is 332 g/mol. The van der Waals surface area contributed by atoms with Crippen LogP contribution in [0.4, 0.5) is 0 Å². The van der Waals surface area contributed by atoms with Gasteiger partial charge in [0.25, 0.3) is 0 Å². The first-order chi connectivity index (χ1) is 11.4. The van der Waals surface area contributed by atoms with Gasteiger partial charge in [-0.3, -0.25) is 0 Å². The molecule has 1 heterocycles. The van der Waals surface area contributed by atoms with Crippen molar-refractivity contribution in [1.82, 2.24) is 4.31 Å². The Labute approximate surface area is 144 Å². The number of nitrogens with one attached hydrogen (secondary N) is 1. The van der Waals surface area contributed by atoms with Gasteiger partial charge in [0.05, 0.1) is 58.8 Å². The fourth-order valence-corrected chi connectivity index (χ4v) is 4.04. The number of methoxy groups -OCH3 is 3. The maximum atomic E-state index is 11.9. The smallest absolute Gasteiger partial charge is 0.214 e. The van der Waals surface area contributed by atoms with Crippen LogP contribution in [0.15, 0.2) is 12.1 Å². The minimum absolute atomic E-state index is 0.159. The Kier molecular flexibility index (Phi) is 6.31. The Morgan fingerprint density at radius 1 is 1.00 bits per heavy atom. The molecule has 1 fully saturated rings. The summed E-state index contributed by atoms with van der Waals surface area (Å²) in [5.41, 5.74) is 1.02. The van der Waals surface area contributed by atoms with Gasteiger partial charge in [0.15, 0.2) is 11.5 Å². The number of hydrogen-bond donors (Lipinski definition) is 1. The van der Waals surface area contributed by atoms with Crippen molar-refractivity contribution in [2.45, 2.75) is 13.5 Å². The number of benzene rings is 1. The lowest BCUT2D eigenvalue weighted by atomic mass is 10.1. The number of nitrogens with zero attached hydrogens (tertiary/aromatic N) is 1. The third-order valence-corrected chi connectivity index (χ3v) is 6.30. The minimum Gasteiger partial charge on any atom is -0.496 e. The van der Waals surface area contributed by atoms with Gasteiger partial charge < -0.3 is 19.1 Å². The van der Waals surface area contributed by atoms with E-state index in [1.807, 2.05) is 12.1 Å². The lowest BCUT2D eigenvalue weighted by molar-refractivity contribution is -0.917. The van der Waals surface area contributed by atoms with Gasteiger partial charge >= 0.3 is 0 Å². The van der Waals surface area contributed by atoms with Crippen molar-refractivity contribution in [3.63, 3.8) is 0 Å². The SMILES string of the molecule is CCS(=O)(=O)N1CC[NH+](Cc2cc(OC)c(OC)cc2OC)CC1. The third-order valence-electron chi connectivity index (χ3n) is 4.41. The number of ether oxygens (including phenoxy) is 3. The van der Waals surface area contributed by atoms with E-state index in [2.05, 4.69) is 0 Å². The van der Waals surface area contributed by atoms with Crippen molar-refractivity contribution in [2.24, 2.45) is 0 Å². The van der Waals surface area contributed by atoms with E-state index in [4.69, 9.17) is 14.2 Å². The van der Waals surface area contributed by atoms with Crippen molar-refractivity contribution in [2.75, 3.05) is 53.3 Å². The molecule has 0 radical (unpaired) electrons. The minimum atomic E-state index is -3.09. The second-order valence-corrected chi connectivity index (χ2v) is 8.00. The van der Waals surface area contributed by atoms with E-state index in [1.165, 1.54) is 4.90 Å². The van der Waals surface area contributed by atoms with Gasteiger partial charge in [-0.15, -0.1) is 0 Å². The maximum Gasteiger partial charge on any atom is 0.214 e. The van der Waals surface area contributed by atoms with Crippen molar-refractivity contribution < 1.29 is 27.5 Å². The van der Waals surface area contributed by atoms with Gasteiger partial charge in [-0.25, -0.2) is 8.42 Å². The molecule has 1 aliphatic heterocycles. The average molecular weight is 359 g/mol. The lowest BCUT2D eigenvalue weighted by Crippen LogP contribution is -3.13. The highest BCUT2D eigenvalue weighted by Crippen LogP contribution is 2.34. The highest BCUT2D eigenvalue weighted by atomic mass is 32.2. The molecule has 2 rings (SSSR count). The Hall–Kier alpha value is -1.51. The van der Waals surface area contributed by atoms with Crippen LogP contribution in [0.3, 0.4) is 0 Å². The molecule has 0 spiro atoms. The van der Waals surface area contributed by atoms with Crippen LogP contribution in [0.25, 0.3) is 0 Å². The summed E-state index contributed by atoms with van der Waals surface area (Å²) < 4.78 is 41.6. The van der Waals surface area contributed by atoms with Gasteiger partial charge in [-0.2, -0.15) is 4.31 Å². The van der Waals surface area contributed by atoms with E-state index >= 15 is 0 Å². The fourth-order valence-electron chi connectivity index (χ4n) is 2.94. The van der Waals surface area contributed by atoms with Gasteiger partial charge in [-0.1, -0.05) is 0 Å². The number of rotatable bonds is 7. The molecule has 8 heteroatoms. The molecule has 1 aromatic rings. The molecule has 24 heavy (non-hydrogen) atoms. The molecule has 1 N–H and O–H groups in total. The topological polar surface area (TPSA) is 69.5 Å². The van der Waals surface area contributed by atoms with Crippen LogP contribution >= 0.6 is 0 Å². The molecule has 0 amide bonds. The van der Waals surface area contributed by atoms with E-state index in [0.717, 1.165) is 30.9 Å². The standard InChI is InChI=1S/C16H26N2O5S/c1-5-24(19,20)18-8-6-17(7-9-18)12-13-10-15(22-3)16(23-4)11-14(13)21-2/h10-11H,5-9,12H2,1-4H3/p+1.